The fraction of sp³-hybridized carbons (Fsp3) is 0.448. The molecule has 37 heavy (non-hydrogen) atoms. The van der Waals surface area contributed by atoms with Crippen molar-refractivity contribution in [1.82, 2.24) is 10.3 Å². The van der Waals surface area contributed by atoms with Gasteiger partial charge in [-0.05, 0) is 61.4 Å². The second-order valence-corrected chi connectivity index (χ2v) is 9.64. The van der Waals surface area contributed by atoms with Crippen molar-refractivity contribution >= 4 is 16.8 Å². The standard InChI is InChI=1S/C29H35N3O5/c33-29(30-19-7-1-2-8-20-37-32(34)35)28(23-10-3-4-11-23)24-14-17-26(18-15-24)36-21-25-16-13-22-9-5-6-12-27(22)31-25/h5-6,9,12-18,23,28H,1-4,7-8,10-11,19-21H2,(H,30,33)/t28-/m1/s1. The molecule has 4 rings (SSSR count). The van der Waals surface area contributed by atoms with Gasteiger partial charge in [0.05, 0.1) is 23.7 Å². The van der Waals surface area contributed by atoms with Gasteiger partial charge in [0.15, 0.2) is 0 Å². The number of hydrogen-bond acceptors (Lipinski definition) is 6. The lowest BCUT2D eigenvalue weighted by Gasteiger charge is -2.23. The van der Waals surface area contributed by atoms with Crippen LogP contribution in [0.5, 0.6) is 5.75 Å². The van der Waals surface area contributed by atoms with E-state index in [0.717, 1.165) is 60.0 Å². The summed E-state index contributed by atoms with van der Waals surface area (Å²) >= 11 is 0. The molecule has 8 heteroatoms. The van der Waals surface area contributed by atoms with Crippen molar-refractivity contribution < 1.29 is 19.5 Å². The summed E-state index contributed by atoms with van der Waals surface area (Å²) in [5.41, 5.74) is 2.85. The smallest absolute Gasteiger partial charge is 0.294 e. The van der Waals surface area contributed by atoms with E-state index in [0.29, 0.717) is 25.5 Å². The molecule has 1 aromatic heterocycles. The Labute approximate surface area is 217 Å². The number of amides is 1. The minimum absolute atomic E-state index is 0.0811. The van der Waals surface area contributed by atoms with Gasteiger partial charge in [-0.25, -0.2) is 4.98 Å². The first-order valence-electron chi connectivity index (χ1n) is 13.2. The van der Waals surface area contributed by atoms with E-state index >= 15 is 0 Å². The third-order valence-electron chi connectivity index (χ3n) is 7.00. The van der Waals surface area contributed by atoms with E-state index in [1.54, 1.807) is 0 Å². The number of carbonyl (C=O) groups excluding carboxylic acids is 1. The minimum atomic E-state index is -0.760. The van der Waals surface area contributed by atoms with Gasteiger partial charge in [0.25, 0.3) is 5.09 Å². The molecular formula is C29H35N3O5. The van der Waals surface area contributed by atoms with E-state index in [2.05, 4.69) is 21.2 Å². The Kier molecular flexibility index (Phi) is 9.68. The molecule has 1 atom stereocenters. The van der Waals surface area contributed by atoms with Gasteiger partial charge in [0.2, 0.25) is 5.91 Å². The molecule has 1 heterocycles. The minimum Gasteiger partial charge on any atom is -0.487 e. The fourth-order valence-corrected chi connectivity index (χ4v) is 5.09. The molecule has 1 aliphatic carbocycles. The average molecular weight is 506 g/mol. The Balaban J connectivity index is 1.28. The van der Waals surface area contributed by atoms with Crippen LogP contribution in [-0.2, 0) is 16.2 Å². The van der Waals surface area contributed by atoms with Crippen LogP contribution in [0.25, 0.3) is 10.9 Å². The van der Waals surface area contributed by atoms with Crippen LogP contribution in [0, 0.1) is 16.0 Å². The van der Waals surface area contributed by atoms with E-state index in [1.807, 2.05) is 54.6 Å². The molecule has 3 aromatic rings. The summed E-state index contributed by atoms with van der Waals surface area (Å²) < 4.78 is 5.99. The number of nitrogens with one attached hydrogen (secondary N) is 1. The molecule has 1 N–H and O–H groups in total. The lowest BCUT2D eigenvalue weighted by molar-refractivity contribution is -0.757. The van der Waals surface area contributed by atoms with Crippen LogP contribution in [0.1, 0.15) is 68.5 Å². The third kappa shape index (κ3) is 7.90. The number of fused-ring (bicyclic) bond motifs is 1. The summed E-state index contributed by atoms with van der Waals surface area (Å²) in [6.07, 6.45) is 7.70. The highest BCUT2D eigenvalue weighted by Crippen LogP contribution is 2.38. The van der Waals surface area contributed by atoms with Gasteiger partial charge in [-0.3, -0.25) is 4.79 Å². The molecule has 0 spiro atoms. The van der Waals surface area contributed by atoms with Crippen molar-refractivity contribution in [2.45, 2.75) is 63.9 Å². The van der Waals surface area contributed by atoms with E-state index in [9.17, 15) is 14.9 Å². The van der Waals surface area contributed by atoms with Crippen LogP contribution in [0.2, 0.25) is 0 Å². The summed E-state index contributed by atoms with van der Waals surface area (Å²) in [6, 6.07) is 20.0. The predicted octanol–water partition coefficient (Wildman–Crippen LogP) is 5.97. The first-order valence-corrected chi connectivity index (χ1v) is 13.2. The van der Waals surface area contributed by atoms with Gasteiger partial charge >= 0.3 is 0 Å². The zero-order chi connectivity index (χ0) is 25.9. The number of benzene rings is 2. The number of rotatable bonds is 14. The number of ether oxygens (including phenoxy) is 1. The molecule has 0 aliphatic heterocycles. The highest BCUT2D eigenvalue weighted by molar-refractivity contribution is 5.84. The first-order chi connectivity index (χ1) is 18.1. The lowest BCUT2D eigenvalue weighted by atomic mass is 9.84. The normalized spacial score (nSPS) is 14.4. The number of carbonyl (C=O) groups is 1. The molecule has 0 bridgehead atoms. The largest absolute Gasteiger partial charge is 0.487 e. The molecule has 1 saturated carbocycles. The summed E-state index contributed by atoms with van der Waals surface area (Å²) in [4.78, 5) is 32.4. The molecule has 196 valence electrons. The molecular weight excluding hydrogens is 470 g/mol. The molecule has 0 radical (unpaired) electrons. The second kappa shape index (κ2) is 13.6. The number of para-hydroxylation sites is 1. The van der Waals surface area contributed by atoms with Crippen molar-refractivity contribution in [2.75, 3.05) is 13.2 Å². The van der Waals surface area contributed by atoms with E-state index in [1.165, 1.54) is 12.8 Å². The van der Waals surface area contributed by atoms with Crippen molar-refractivity contribution in [2.24, 2.45) is 5.92 Å². The van der Waals surface area contributed by atoms with Crippen molar-refractivity contribution in [3.8, 4) is 5.75 Å². The van der Waals surface area contributed by atoms with Crippen molar-refractivity contribution in [1.29, 1.82) is 0 Å². The van der Waals surface area contributed by atoms with Gasteiger partial charge in [0, 0.05) is 11.9 Å². The maximum atomic E-state index is 13.2. The zero-order valence-corrected chi connectivity index (χ0v) is 21.1. The molecule has 1 aliphatic rings. The van der Waals surface area contributed by atoms with Gasteiger partial charge < -0.3 is 14.9 Å². The van der Waals surface area contributed by atoms with Crippen LogP contribution >= 0.6 is 0 Å². The van der Waals surface area contributed by atoms with Gasteiger partial charge in [0.1, 0.15) is 12.4 Å². The summed E-state index contributed by atoms with van der Waals surface area (Å²) in [6.45, 7) is 1.12. The van der Waals surface area contributed by atoms with Crippen molar-refractivity contribution in [3.05, 3.63) is 82.0 Å². The number of aromatic nitrogens is 1. The molecule has 1 amide bonds. The van der Waals surface area contributed by atoms with Crippen LogP contribution in [0.15, 0.2) is 60.7 Å². The number of unbranched alkanes of at least 4 members (excludes halogenated alkanes) is 3. The second-order valence-electron chi connectivity index (χ2n) is 9.64. The van der Waals surface area contributed by atoms with Gasteiger partial charge in [-0.15, -0.1) is 10.1 Å². The van der Waals surface area contributed by atoms with Crippen LogP contribution in [-0.4, -0.2) is 29.1 Å². The number of nitrogens with zero attached hydrogens (tertiary/aromatic N) is 2. The van der Waals surface area contributed by atoms with Crippen molar-refractivity contribution in [3.63, 3.8) is 0 Å². The maximum absolute atomic E-state index is 13.2. The Morgan fingerprint density at radius 2 is 1.76 bits per heavy atom. The van der Waals surface area contributed by atoms with Crippen LogP contribution in [0.3, 0.4) is 0 Å². The molecule has 1 fully saturated rings. The molecule has 0 saturated heterocycles. The van der Waals surface area contributed by atoms with Crippen LogP contribution in [0.4, 0.5) is 0 Å². The maximum Gasteiger partial charge on any atom is 0.294 e. The highest BCUT2D eigenvalue weighted by atomic mass is 16.9. The lowest BCUT2D eigenvalue weighted by Crippen LogP contribution is -2.33. The van der Waals surface area contributed by atoms with Gasteiger partial charge in [-0.1, -0.05) is 62.1 Å². The SMILES string of the molecule is O=C(NCCCCCCO[N+](=O)[O-])[C@@H](c1ccc(OCc2ccc3ccccc3n2)cc1)C1CCCC1. The molecule has 2 aromatic carbocycles. The quantitative estimate of drug-likeness (QED) is 0.164. The molecule has 0 unspecified atom stereocenters. The third-order valence-corrected chi connectivity index (χ3v) is 7.00. The Morgan fingerprint density at radius 1 is 1.00 bits per heavy atom. The van der Waals surface area contributed by atoms with E-state index in [-0.39, 0.29) is 18.4 Å². The summed E-state index contributed by atoms with van der Waals surface area (Å²) in [5, 5.41) is 13.6. The zero-order valence-electron chi connectivity index (χ0n) is 21.1. The monoisotopic (exact) mass is 505 g/mol. The highest BCUT2D eigenvalue weighted by Gasteiger charge is 2.31. The summed E-state index contributed by atoms with van der Waals surface area (Å²) in [7, 11) is 0. The summed E-state index contributed by atoms with van der Waals surface area (Å²) in [5.74, 6) is 1.03. The Bertz CT molecular complexity index is 1160. The topological polar surface area (TPSA) is 104 Å². The van der Waals surface area contributed by atoms with E-state index in [4.69, 9.17) is 4.74 Å². The fourth-order valence-electron chi connectivity index (χ4n) is 5.09. The van der Waals surface area contributed by atoms with Gasteiger partial charge in [-0.2, -0.15) is 0 Å². The average Bonchev–Trinajstić information content (AvgIpc) is 3.44. The Morgan fingerprint density at radius 3 is 2.54 bits per heavy atom. The number of pyridine rings is 1. The molecule has 8 nitrogen and oxygen atoms in total. The number of hydrogen-bond donors (Lipinski definition) is 1. The Hall–Kier alpha value is -3.68. The van der Waals surface area contributed by atoms with Crippen LogP contribution < -0.4 is 10.1 Å². The first kappa shape index (κ1) is 26.4. The predicted molar refractivity (Wildman–Crippen MR) is 142 cm³/mol. The van der Waals surface area contributed by atoms with E-state index < -0.39 is 5.09 Å².